The van der Waals surface area contributed by atoms with Crippen molar-refractivity contribution in [2.24, 2.45) is 5.16 Å². The van der Waals surface area contributed by atoms with E-state index in [0.29, 0.717) is 0 Å². The molecule has 2 heteroatoms. The maximum absolute atomic E-state index is 8.73. The molecule has 1 rings (SSSR count). The first-order valence-corrected chi connectivity index (χ1v) is 5.81. The van der Waals surface area contributed by atoms with E-state index >= 15 is 0 Å². The van der Waals surface area contributed by atoms with Crippen LogP contribution in [0.15, 0.2) is 17.3 Å². The highest BCUT2D eigenvalue weighted by Gasteiger charge is 1.98. The number of hydrogen-bond donors (Lipinski definition) is 1. The molecule has 0 aromatic rings. The van der Waals surface area contributed by atoms with Crippen LogP contribution in [-0.4, -0.2) is 10.9 Å². The van der Waals surface area contributed by atoms with Crippen molar-refractivity contribution in [2.75, 3.05) is 0 Å². The molecule has 0 radical (unpaired) electrons. The van der Waals surface area contributed by atoms with Crippen molar-refractivity contribution >= 4 is 5.71 Å². The van der Waals surface area contributed by atoms with E-state index in [1.54, 1.807) is 0 Å². The third kappa shape index (κ3) is 5.05. The third-order valence-corrected chi connectivity index (χ3v) is 2.74. The van der Waals surface area contributed by atoms with Gasteiger partial charge in [0, 0.05) is 0 Å². The van der Waals surface area contributed by atoms with Crippen LogP contribution in [0, 0.1) is 0 Å². The van der Waals surface area contributed by atoms with Gasteiger partial charge in [-0.3, -0.25) is 0 Å². The van der Waals surface area contributed by atoms with Crippen LogP contribution in [0.4, 0.5) is 0 Å². The zero-order valence-corrected chi connectivity index (χ0v) is 8.91. The monoisotopic (exact) mass is 195 g/mol. The van der Waals surface area contributed by atoms with E-state index < -0.39 is 0 Å². The maximum Gasteiger partial charge on any atom is 0.0792 e. The normalized spacial score (nSPS) is 26.4. The fraction of sp³-hybridized carbons (Fsp3) is 0.750. The summed E-state index contributed by atoms with van der Waals surface area (Å²) in [4.78, 5) is 0. The van der Waals surface area contributed by atoms with Gasteiger partial charge in [0.2, 0.25) is 0 Å². The average Bonchev–Trinajstić information content (AvgIpc) is 2.19. The first-order valence-electron chi connectivity index (χ1n) is 5.81. The Bertz CT molecular complexity index is 196. The predicted molar refractivity (Wildman–Crippen MR) is 59.9 cm³/mol. The van der Waals surface area contributed by atoms with Crippen molar-refractivity contribution in [2.45, 2.75) is 57.8 Å². The second kappa shape index (κ2) is 7.60. The second-order valence-corrected chi connectivity index (χ2v) is 4.01. The summed E-state index contributed by atoms with van der Waals surface area (Å²) < 4.78 is 0. The Morgan fingerprint density at radius 3 is 2.29 bits per heavy atom. The number of rotatable bonds is 0. The lowest BCUT2D eigenvalue weighted by Crippen LogP contribution is -1.94. The van der Waals surface area contributed by atoms with Gasteiger partial charge >= 0.3 is 0 Å². The Morgan fingerprint density at radius 1 is 0.929 bits per heavy atom. The number of nitrogens with zero attached hydrogens (tertiary/aromatic N) is 1. The molecule has 0 amide bonds. The minimum Gasteiger partial charge on any atom is -0.411 e. The quantitative estimate of drug-likeness (QED) is 0.461. The summed E-state index contributed by atoms with van der Waals surface area (Å²) in [5.41, 5.74) is 0.838. The zero-order valence-electron chi connectivity index (χ0n) is 8.91. The molecule has 0 unspecified atom stereocenters. The second-order valence-electron chi connectivity index (χ2n) is 4.01. The molecule has 1 N–H and O–H groups in total. The van der Waals surface area contributed by atoms with Crippen molar-refractivity contribution in [1.29, 1.82) is 0 Å². The van der Waals surface area contributed by atoms with Gasteiger partial charge in [-0.15, -0.1) is 0 Å². The maximum atomic E-state index is 8.73. The molecule has 0 heterocycles. The first-order chi connectivity index (χ1) is 6.93. The van der Waals surface area contributed by atoms with Gasteiger partial charge in [-0.05, 0) is 31.8 Å². The van der Waals surface area contributed by atoms with Gasteiger partial charge in [0.15, 0.2) is 0 Å². The van der Waals surface area contributed by atoms with Crippen LogP contribution in [0.2, 0.25) is 0 Å². The van der Waals surface area contributed by atoms with Crippen LogP contribution in [0.3, 0.4) is 0 Å². The lowest BCUT2D eigenvalue weighted by Gasteiger charge is -2.03. The average molecular weight is 195 g/mol. The summed E-state index contributed by atoms with van der Waals surface area (Å²) in [6, 6.07) is 0. The third-order valence-electron chi connectivity index (χ3n) is 2.74. The summed E-state index contributed by atoms with van der Waals surface area (Å²) in [6.45, 7) is 0. The molecule has 2 nitrogen and oxygen atoms in total. The van der Waals surface area contributed by atoms with E-state index in [1.165, 1.54) is 38.5 Å². The van der Waals surface area contributed by atoms with Gasteiger partial charge in [-0.1, -0.05) is 43.3 Å². The van der Waals surface area contributed by atoms with E-state index in [-0.39, 0.29) is 0 Å². The Kier molecular flexibility index (Phi) is 6.13. The Hall–Kier alpha value is -0.790. The molecule has 0 bridgehead atoms. The van der Waals surface area contributed by atoms with Crippen molar-refractivity contribution in [3.8, 4) is 0 Å². The van der Waals surface area contributed by atoms with E-state index in [1.807, 2.05) is 6.08 Å². The van der Waals surface area contributed by atoms with Crippen LogP contribution in [0.25, 0.3) is 0 Å². The largest absolute Gasteiger partial charge is 0.411 e. The van der Waals surface area contributed by atoms with Crippen molar-refractivity contribution < 1.29 is 5.21 Å². The number of hydrogen-bond acceptors (Lipinski definition) is 2. The Balaban J connectivity index is 2.36. The molecule has 0 saturated carbocycles. The van der Waals surface area contributed by atoms with E-state index in [0.717, 1.165) is 25.0 Å². The van der Waals surface area contributed by atoms with Gasteiger partial charge in [-0.25, -0.2) is 0 Å². The first kappa shape index (κ1) is 11.3. The highest BCUT2D eigenvalue weighted by molar-refractivity contribution is 5.94. The smallest absolute Gasteiger partial charge is 0.0792 e. The summed E-state index contributed by atoms with van der Waals surface area (Å²) >= 11 is 0. The van der Waals surface area contributed by atoms with Crippen LogP contribution < -0.4 is 0 Å². The van der Waals surface area contributed by atoms with Gasteiger partial charge in [0.05, 0.1) is 5.71 Å². The van der Waals surface area contributed by atoms with Crippen molar-refractivity contribution in [1.82, 2.24) is 0 Å². The molecule has 0 fully saturated rings. The van der Waals surface area contributed by atoms with Gasteiger partial charge < -0.3 is 5.21 Å². The van der Waals surface area contributed by atoms with Crippen molar-refractivity contribution in [3.63, 3.8) is 0 Å². The molecular formula is C12H21NO. The summed E-state index contributed by atoms with van der Waals surface area (Å²) in [5, 5.41) is 12.0. The molecule has 0 saturated heterocycles. The molecule has 80 valence electrons. The summed E-state index contributed by atoms with van der Waals surface area (Å²) in [7, 11) is 0. The van der Waals surface area contributed by atoms with E-state index in [4.69, 9.17) is 5.21 Å². The van der Waals surface area contributed by atoms with Crippen LogP contribution >= 0.6 is 0 Å². The van der Waals surface area contributed by atoms with E-state index in [9.17, 15) is 0 Å². The molecule has 0 spiro atoms. The van der Waals surface area contributed by atoms with Crippen LogP contribution in [-0.2, 0) is 0 Å². The van der Waals surface area contributed by atoms with Gasteiger partial charge in [0.25, 0.3) is 0 Å². The van der Waals surface area contributed by atoms with Crippen LogP contribution in [0.1, 0.15) is 57.8 Å². The summed E-state index contributed by atoms with van der Waals surface area (Å²) in [6.07, 6.45) is 15.3. The molecule has 0 aliphatic heterocycles. The predicted octanol–water partition coefficient (Wildman–Crippen LogP) is 3.90. The summed E-state index contributed by atoms with van der Waals surface area (Å²) in [5.74, 6) is 0. The molecule has 14 heavy (non-hydrogen) atoms. The SMILES string of the molecule is O/N=C1/C=C/CCCCCCCCC1. The minimum atomic E-state index is 0.838. The topological polar surface area (TPSA) is 32.6 Å². The zero-order chi connectivity index (χ0) is 10.1. The minimum absolute atomic E-state index is 0.838. The Morgan fingerprint density at radius 2 is 1.57 bits per heavy atom. The van der Waals surface area contributed by atoms with Gasteiger partial charge in [-0.2, -0.15) is 0 Å². The molecule has 1 aliphatic rings. The standard InChI is InChI=1S/C12H21NO/c14-13-12-10-8-6-4-2-1-3-5-7-9-11-12/h8,10,14H,1-7,9,11H2/b10-8+,13-12-. The van der Waals surface area contributed by atoms with Gasteiger partial charge in [0.1, 0.15) is 0 Å². The highest BCUT2D eigenvalue weighted by Crippen LogP contribution is 2.12. The number of oxime groups is 1. The molecule has 0 atom stereocenters. The molecule has 0 aromatic carbocycles. The molecule has 1 aliphatic carbocycles. The molecule has 0 aromatic heterocycles. The number of allylic oxidation sites excluding steroid dienone is 2. The van der Waals surface area contributed by atoms with Crippen molar-refractivity contribution in [3.05, 3.63) is 12.2 Å². The highest BCUT2D eigenvalue weighted by atomic mass is 16.4. The van der Waals surface area contributed by atoms with Crippen LogP contribution in [0.5, 0.6) is 0 Å². The fourth-order valence-electron chi connectivity index (χ4n) is 1.84. The Labute approximate surface area is 86.7 Å². The fourth-order valence-corrected chi connectivity index (χ4v) is 1.84. The lowest BCUT2D eigenvalue weighted by molar-refractivity contribution is 0.318. The molecular weight excluding hydrogens is 174 g/mol. The van der Waals surface area contributed by atoms with E-state index in [2.05, 4.69) is 11.2 Å². The lowest BCUT2D eigenvalue weighted by atomic mass is 10.0.